The van der Waals surface area contributed by atoms with E-state index in [1.165, 1.54) is 12.1 Å². The Labute approximate surface area is 152 Å². The molecule has 1 aromatic heterocycles. The molecule has 3 aromatic rings. The lowest BCUT2D eigenvalue weighted by molar-refractivity contribution is -0.384. The van der Waals surface area contributed by atoms with Crippen LogP contribution in [-0.2, 0) is 6.42 Å². The van der Waals surface area contributed by atoms with Gasteiger partial charge in [-0.25, -0.2) is 0 Å². The van der Waals surface area contributed by atoms with Crippen molar-refractivity contribution >= 4 is 39.8 Å². The number of aromatic amines is 1. The van der Waals surface area contributed by atoms with Gasteiger partial charge in [0.1, 0.15) is 5.02 Å². The molecule has 2 N–H and O–H groups in total. The number of amides is 1. The molecule has 0 spiro atoms. The normalized spacial score (nSPS) is 10.7. The van der Waals surface area contributed by atoms with Gasteiger partial charge in [-0.1, -0.05) is 24.6 Å². The van der Waals surface area contributed by atoms with Crippen LogP contribution in [0.5, 0.6) is 0 Å². The van der Waals surface area contributed by atoms with E-state index in [9.17, 15) is 19.7 Å². The number of nitrogens with one attached hydrogen (secondary N) is 2. The van der Waals surface area contributed by atoms with Gasteiger partial charge in [0.15, 0.2) is 0 Å². The van der Waals surface area contributed by atoms with Crippen LogP contribution in [0.25, 0.3) is 10.9 Å². The third kappa shape index (κ3) is 3.43. The number of nitro groups is 1. The summed E-state index contributed by atoms with van der Waals surface area (Å²) in [5.41, 5.74) is 1.53. The summed E-state index contributed by atoms with van der Waals surface area (Å²) in [7, 11) is 0. The lowest BCUT2D eigenvalue weighted by atomic mass is 10.1. The van der Waals surface area contributed by atoms with Crippen molar-refractivity contribution in [2.24, 2.45) is 0 Å². The Bertz CT molecular complexity index is 1090. The third-order valence-electron chi connectivity index (χ3n) is 3.97. The second kappa shape index (κ2) is 6.97. The molecule has 0 radical (unpaired) electrons. The van der Waals surface area contributed by atoms with Crippen molar-refractivity contribution in [3.63, 3.8) is 0 Å². The number of pyridine rings is 1. The highest BCUT2D eigenvalue weighted by atomic mass is 35.5. The first-order valence-corrected chi connectivity index (χ1v) is 8.18. The summed E-state index contributed by atoms with van der Waals surface area (Å²) in [6, 6.07) is 10.6. The molecule has 7 nitrogen and oxygen atoms in total. The number of hydrogen-bond donors (Lipinski definition) is 2. The van der Waals surface area contributed by atoms with Crippen LogP contribution < -0.4 is 10.9 Å². The highest BCUT2D eigenvalue weighted by molar-refractivity contribution is 6.32. The number of H-pyrrole nitrogens is 1. The second-order valence-corrected chi connectivity index (χ2v) is 6.06. The van der Waals surface area contributed by atoms with Gasteiger partial charge >= 0.3 is 0 Å². The molecule has 26 heavy (non-hydrogen) atoms. The summed E-state index contributed by atoms with van der Waals surface area (Å²) < 4.78 is 0. The largest absolute Gasteiger partial charge is 0.322 e. The molecule has 3 rings (SSSR count). The number of aromatic nitrogens is 1. The maximum absolute atomic E-state index is 12.4. The van der Waals surface area contributed by atoms with Crippen LogP contribution in [0.1, 0.15) is 22.8 Å². The van der Waals surface area contributed by atoms with Crippen molar-refractivity contribution in [2.75, 3.05) is 5.32 Å². The number of hydrogen-bond acceptors (Lipinski definition) is 4. The summed E-state index contributed by atoms with van der Waals surface area (Å²) in [4.78, 5) is 37.1. The van der Waals surface area contributed by atoms with E-state index in [0.717, 1.165) is 17.0 Å². The van der Waals surface area contributed by atoms with Gasteiger partial charge in [-0.05, 0) is 36.2 Å². The molecule has 0 atom stereocenters. The zero-order chi connectivity index (χ0) is 18.8. The zero-order valence-electron chi connectivity index (χ0n) is 13.7. The van der Waals surface area contributed by atoms with Crippen molar-refractivity contribution in [1.29, 1.82) is 0 Å². The molecule has 0 saturated carbocycles. The average molecular weight is 372 g/mol. The number of rotatable bonds is 4. The van der Waals surface area contributed by atoms with E-state index >= 15 is 0 Å². The van der Waals surface area contributed by atoms with Gasteiger partial charge < -0.3 is 10.3 Å². The van der Waals surface area contributed by atoms with Crippen LogP contribution in [0.2, 0.25) is 5.02 Å². The smallest absolute Gasteiger partial charge is 0.288 e. The number of aryl methyl sites for hydroxylation is 1. The summed E-state index contributed by atoms with van der Waals surface area (Å²) in [5, 5.41) is 14.5. The average Bonchev–Trinajstić information content (AvgIpc) is 2.60. The number of nitrogens with zero attached hydrogens (tertiary/aromatic N) is 1. The minimum atomic E-state index is -0.647. The van der Waals surface area contributed by atoms with Crippen LogP contribution >= 0.6 is 11.6 Å². The maximum Gasteiger partial charge on any atom is 0.288 e. The Morgan fingerprint density at radius 2 is 2.00 bits per heavy atom. The zero-order valence-corrected chi connectivity index (χ0v) is 14.5. The van der Waals surface area contributed by atoms with Crippen molar-refractivity contribution in [3.05, 3.63) is 79.1 Å². The van der Waals surface area contributed by atoms with Gasteiger partial charge in [-0.2, -0.15) is 0 Å². The minimum absolute atomic E-state index is 0.0399. The molecule has 132 valence electrons. The van der Waals surface area contributed by atoms with E-state index in [0.29, 0.717) is 17.6 Å². The van der Waals surface area contributed by atoms with E-state index in [1.54, 1.807) is 18.2 Å². The fourth-order valence-corrected chi connectivity index (χ4v) is 2.89. The van der Waals surface area contributed by atoms with Crippen molar-refractivity contribution in [3.8, 4) is 0 Å². The van der Waals surface area contributed by atoms with Crippen molar-refractivity contribution in [2.45, 2.75) is 13.3 Å². The van der Waals surface area contributed by atoms with E-state index in [4.69, 9.17) is 11.6 Å². The minimum Gasteiger partial charge on any atom is -0.322 e. The number of carbonyl (C=O) groups excluding carboxylic acids is 1. The fraction of sp³-hybridized carbons (Fsp3) is 0.111. The monoisotopic (exact) mass is 371 g/mol. The lowest BCUT2D eigenvalue weighted by Gasteiger charge is -2.09. The molecule has 0 saturated heterocycles. The van der Waals surface area contributed by atoms with E-state index in [-0.39, 0.29) is 21.8 Å². The van der Waals surface area contributed by atoms with Crippen LogP contribution in [0, 0.1) is 10.1 Å². The predicted octanol–water partition coefficient (Wildman–Crippen LogP) is 3.90. The number of carbonyl (C=O) groups is 1. The van der Waals surface area contributed by atoms with Crippen LogP contribution in [0.15, 0.2) is 47.3 Å². The first-order chi connectivity index (χ1) is 12.4. The lowest BCUT2D eigenvalue weighted by Crippen LogP contribution is -2.13. The Balaban J connectivity index is 1.94. The maximum atomic E-state index is 12.4. The molecule has 0 bridgehead atoms. The van der Waals surface area contributed by atoms with Crippen molar-refractivity contribution < 1.29 is 9.72 Å². The first-order valence-electron chi connectivity index (χ1n) is 7.80. The molecule has 0 aliphatic rings. The van der Waals surface area contributed by atoms with Gasteiger partial charge in [0.25, 0.3) is 11.6 Å². The predicted molar refractivity (Wildman–Crippen MR) is 100 cm³/mol. The van der Waals surface area contributed by atoms with Crippen LogP contribution in [0.4, 0.5) is 11.4 Å². The molecular formula is C18H14ClN3O4. The quantitative estimate of drug-likeness (QED) is 0.535. The standard InChI is InChI=1S/C18H14ClN3O4/c1-2-10-8-17(23)21-15-9-12(4-5-13(10)15)20-18(24)11-3-6-14(19)16(7-11)22(25)26/h3-9H,2H2,1H3,(H,20,24)(H,21,23). The van der Waals surface area contributed by atoms with Gasteiger partial charge in [-0.3, -0.25) is 19.7 Å². The van der Waals surface area contributed by atoms with Gasteiger partial charge in [0.05, 0.1) is 10.4 Å². The number of halogens is 1. The third-order valence-corrected chi connectivity index (χ3v) is 4.29. The van der Waals surface area contributed by atoms with Crippen LogP contribution in [-0.4, -0.2) is 15.8 Å². The summed E-state index contributed by atoms with van der Waals surface area (Å²) in [6.45, 7) is 1.96. The number of fused-ring (bicyclic) bond motifs is 1. The molecule has 2 aromatic carbocycles. The number of anilines is 1. The highest BCUT2D eigenvalue weighted by Gasteiger charge is 2.16. The molecule has 8 heteroatoms. The van der Waals surface area contributed by atoms with Crippen molar-refractivity contribution in [1.82, 2.24) is 4.98 Å². The number of benzene rings is 2. The Kier molecular flexibility index (Phi) is 4.73. The fourth-order valence-electron chi connectivity index (χ4n) is 2.70. The Morgan fingerprint density at radius 3 is 2.69 bits per heavy atom. The highest BCUT2D eigenvalue weighted by Crippen LogP contribution is 2.26. The van der Waals surface area contributed by atoms with E-state index in [2.05, 4.69) is 10.3 Å². The van der Waals surface area contributed by atoms with Gasteiger partial charge in [0.2, 0.25) is 5.56 Å². The topological polar surface area (TPSA) is 105 Å². The molecule has 1 heterocycles. The van der Waals surface area contributed by atoms with Gasteiger partial charge in [-0.15, -0.1) is 0 Å². The molecule has 0 aliphatic heterocycles. The summed E-state index contributed by atoms with van der Waals surface area (Å²) in [5.74, 6) is -0.516. The van der Waals surface area contributed by atoms with Gasteiger partial charge in [0, 0.05) is 28.8 Å². The summed E-state index contributed by atoms with van der Waals surface area (Å²) in [6.07, 6.45) is 0.709. The molecule has 0 aliphatic carbocycles. The molecule has 0 unspecified atom stereocenters. The first kappa shape index (κ1) is 17.6. The summed E-state index contributed by atoms with van der Waals surface area (Å²) >= 11 is 5.76. The molecule has 1 amide bonds. The SMILES string of the molecule is CCc1cc(=O)[nH]c2cc(NC(=O)c3ccc(Cl)c([N+](=O)[O-])c3)ccc12. The molecule has 0 fully saturated rings. The van der Waals surface area contributed by atoms with E-state index in [1.807, 2.05) is 13.0 Å². The Hall–Kier alpha value is -3.19. The Morgan fingerprint density at radius 1 is 1.23 bits per heavy atom. The number of nitro benzene ring substituents is 1. The second-order valence-electron chi connectivity index (χ2n) is 5.65. The van der Waals surface area contributed by atoms with E-state index < -0.39 is 10.8 Å². The van der Waals surface area contributed by atoms with Crippen LogP contribution in [0.3, 0.4) is 0 Å². The molecular weight excluding hydrogens is 358 g/mol.